The molecule has 1 aliphatic rings. The number of likely N-dealkylation sites (tertiary alicyclic amines) is 1. The summed E-state index contributed by atoms with van der Waals surface area (Å²) in [5, 5.41) is 0. The van der Waals surface area contributed by atoms with Crippen LogP contribution in [0.2, 0.25) is 0 Å². The Morgan fingerprint density at radius 2 is 1.93 bits per heavy atom. The van der Waals surface area contributed by atoms with E-state index in [1.165, 1.54) is 38.8 Å². The van der Waals surface area contributed by atoms with Crippen molar-refractivity contribution in [1.29, 1.82) is 0 Å². The highest BCUT2D eigenvalue weighted by Gasteiger charge is 2.25. The standard InChI is InChI=1S/C13H27N/c1-5-11(3)13-8-7-9-14(10-13)12(4)6-2/h11-13H,5-10H2,1-4H3. The Balaban J connectivity index is 2.43. The molecule has 1 nitrogen and oxygen atoms in total. The van der Waals surface area contributed by atoms with Gasteiger partial charge in [-0.3, -0.25) is 0 Å². The van der Waals surface area contributed by atoms with Gasteiger partial charge in [0.2, 0.25) is 0 Å². The van der Waals surface area contributed by atoms with Crippen LogP contribution in [-0.4, -0.2) is 24.0 Å². The summed E-state index contributed by atoms with van der Waals surface area (Å²) in [4.78, 5) is 2.69. The van der Waals surface area contributed by atoms with E-state index in [-0.39, 0.29) is 0 Å². The van der Waals surface area contributed by atoms with Gasteiger partial charge in [-0.1, -0.05) is 27.2 Å². The second kappa shape index (κ2) is 5.75. The molecule has 0 aliphatic carbocycles. The molecule has 0 N–H and O–H groups in total. The van der Waals surface area contributed by atoms with Gasteiger partial charge in [0.1, 0.15) is 0 Å². The maximum atomic E-state index is 2.69. The zero-order valence-electron chi connectivity index (χ0n) is 10.4. The van der Waals surface area contributed by atoms with Crippen molar-refractivity contribution in [3.8, 4) is 0 Å². The molecule has 0 aromatic rings. The summed E-state index contributed by atoms with van der Waals surface area (Å²) in [6.45, 7) is 12.1. The van der Waals surface area contributed by atoms with Gasteiger partial charge in [0.05, 0.1) is 0 Å². The van der Waals surface area contributed by atoms with Crippen molar-refractivity contribution in [3.63, 3.8) is 0 Å². The molecule has 0 radical (unpaired) electrons. The van der Waals surface area contributed by atoms with Crippen LogP contribution in [0.5, 0.6) is 0 Å². The third-order valence-electron chi connectivity index (χ3n) is 4.15. The van der Waals surface area contributed by atoms with Crippen molar-refractivity contribution in [2.75, 3.05) is 13.1 Å². The summed E-state index contributed by atoms with van der Waals surface area (Å²) in [6, 6.07) is 0.793. The monoisotopic (exact) mass is 197 g/mol. The van der Waals surface area contributed by atoms with Crippen LogP contribution in [0.4, 0.5) is 0 Å². The Kier molecular flexibility index (Phi) is 4.94. The number of nitrogens with zero attached hydrogens (tertiary/aromatic N) is 1. The molecule has 1 heterocycles. The third-order valence-corrected chi connectivity index (χ3v) is 4.15. The summed E-state index contributed by atoms with van der Waals surface area (Å²) in [5.41, 5.74) is 0. The molecule has 1 heteroatoms. The Morgan fingerprint density at radius 1 is 1.21 bits per heavy atom. The largest absolute Gasteiger partial charge is 0.300 e. The van der Waals surface area contributed by atoms with Gasteiger partial charge in [0.25, 0.3) is 0 Å². The van der Waals surface area contributed by atoms with Gasteiger partial charge < -0.3 is 4.90 Å². The number of piperidine rings is 1. The predicted molar refractivity (Wildman–Crippen MR) is 63.5 cm³/mol. The smallest absolute Gasteiger partial charge is 0.00644 e. The lowest BCUT2D eigenvalue weighted by atomic mass is 9.84. The van der Waals surface area contributed by atoms with Crippen LogP contribution in [0.3, 0.4) is 0 Å². The molecule has 0 saturated carbocycles. The average molecular weight is 197 g/mol. The maximum Gasteiger partial charge on any atom is 0.00644 e. The topological polar surface area (TPSA) is 3.24 Å². The minimum atomic E-state index is 0.793. The molecule has 0 bridgehead atoms. The third kappa shape index (κ3) is 2.98. The summed E-state index contributed by atoms with van der Waals surface area (Å²) >= 11 is 0. The zero-order valence-corrected chi connectivity index (χ0v) is 10.4. The van der Waals surface area contributed by atoms with Gasteiger partial charge in [-0.2, -0.15) is 0 Å². The molecule has 0 aromatic carbocycles. The van der Waals surface area contributed by atoms with Crippen LogP contribution in [-0.2, 0) is 0 Å². The van der Waals surface area contributed by atoms with Crippen molar-refractivity contribution >= 4 is 0 Å². The predicted octanol–water partition coefficient (Wildman–Crippen LogP) is 3.54. The van der Waals surface area contributed by atoms with Gasteiger partial charge in [-0.05, 0) is 44.6 Å². The molecule has 84 valence electrons. The molecule has 1 aliphatic heterocycles. The molecular weight excluding hydrogens is 170 g/mol. The Morgan fingerprint density at radius 3 is 2.50 bits per heavy atom. The van der Waals surface area contributed by atoms with Gasteiger partial charge in [-0.25, -0.2) is 0 Å². The first-order chi connectivity index (χ1) is 6.69. The van der Waals surface area contributed by atoms with Gasteiger partial charge in [0.15, 0.2) is 0 Å². The van der Waals surface area contributed by atoms with Crippen LogP contribution in [0.25, 0.3) is 0 Å². The van der Waals surface area contributed by atoms with E-state index in [0.717, 1.165) is 17.9 Å². The molecular formula is C13H27N. The van der Waals surface area contributed by atoms with E-state index in [1.807, 2.05) is 0 Å². The van der Waals surface area contributed by atoms with Crippen molar-refractivity contribution in [2.45, 2.75) is 59.4 Å². The van der Waals surface area contributed by atoms with Crippen LogP contribution >= 0.6 is 0 Å². The highest BCUT2D eigenvalue weighted by Crippen LogP contribution is 2.27. The van der Waals surface area contributed by atoms with E-state index in [0.29, 0.717) is 0 Å². The first-order valence-corrected chi connectivity index (χ1v) is 6.43. The summed E-state index contributed by atoms with van der Waals surface area (Å²) < 4.78 is 0. The average Bonchev–Trinajstić information content (AvgIpc) is 2.27. The van der Waals surface area contributed by atoms with E-state index in [9.17, 15) is 0 Å². The fourth-order valence-corrected chi connectivity index (χ4v) is 2.50. The van der Waals surface area contributed by atoms with E-state index in [4.69, 9.17) is 0 Å². The molecule has 0 amide bonds. The fourth-order valence-electron chi connectivity index (χ4n) is 2.50. The molecule has 0 spiro atoms. The highest BCUT2D eigenvalue weighted by molar-refractivity contribution is 4.78. The van der Waals surface area contributed by atoms with Crippen molar-refractivity contribution in [1.82, 2.24) is 4.90 Å². The molecule has 1 fully saturated rings. The maximum absolute atomic E-state index is 2.69. The first kappa shape index (κ1) is 12.0. The minimum Gasteiger partial charge on any atom is -0.300 e. The minimum absolute atomic E-state index is 0.793. The number of rotatable bonds is 4. The van der Waals surface area contributed by atoms with Crippen molar-refractivity contribution < 1.29 is 0 Å². The van der Waals surface area contributed by atoms with E-state index >= 15 is 0 Å². The van der Waals surface area contributed by atoms with Crippen LogP contribution in [0, 0.1) is 11.8 Å². The fraction of sp³-hybridized carbons (Fsp3) is 1.00. The lowest BCUT2D eigenvalue weighted by Gasteiger charge is -2.38. The quantitative estimate of drug-likeness (QED) is 0.666. The van der Waals surface area contributed by atoms with Crippen LogP contribution in [0.1, 0.15) is 53.4 Å². The summed E-state index contributed by atoms with van der Waals surface area (Å²) in [6.07, 6.45) is 5.52. The van der Waals surface area contributed by atoms with Crippen molar-refractivity contribution in [3.05, 3.63) is 0 Å². The van der Waals surface area contributed by atoms with E-state index in [1.54, 1.807) is 0 Å². The Labute approximate surface area is 89.9 Å². The summed E-state index contributed by atoms with van der Waals surface area (Å²) in [5.74, 6) is 1.88. The lowest BCUT2D eigenvalue weighted by Crippen LogP contribution is -2.42. The highest BCUT2D eigenvalue weighted by atomic mass is 15.2. The van der Waals surface area contributed by atoms with Crippen LogP contribution in [0.15, 0.2) is 0 Å². The lowest BCUT2D eigenvalue weighted by molar-refractivity contribution is 0.102. The summed E-state index contributed by atoms with van der Waals surface area (Å²) in [7, 11) is 0. The SMILES string of the molecule is CCC(C)C1CCCN(C(C)CC)C1. The van der Waals surface area contributed by atoms with Gasteiger partial charge in [0, 0.05) is 12.6 Å². The second-order valence-corrected chi connectivity index (χ2v) is 5.04. The van der Waals surface area contributed by atoms with Crippen LogP contribution < -0.4 is 0 Å². The normalized spacial score (nSPS) is 28.7. The number of hydrogen-bond donors (Lipinski definition) is 0. The Hall–Kier alpha value is -0.0400. The molecule has 3 atom stereocenters. The first-order valence-electron chi connectivity index (χ1n) is 6.43. The van der Waals surface area contributed by atoms with Gasteiger partial charge in [-0.15, -0.1) is 0 Å². The van der Waals surface area contributed by atoms with Gasteiger partial charge >= 0.3 is 0 Å². The van der Waals surface area contributed by atoms with E-state index < -0.39 is 0 Å². The van der Waals surface area contributed by atoms with E-state index in [2.05, 4.69) is 32.6 Å². The second-order valence-electron chi connectivity index (χ2n) is 5.04. The zero-order chi connectivity index (χ0) is 10.6. The molecule has 3 unspecified atom stereocenters. The molecule has 0 aromatic heterocycles. The van der Waals surface area contributed by atoms with Crippen molar-refractivity contribution in [2.24, 2.45) is 11.8 Å². The Bertz CT molecular complexity index is 139. The molecule has 1 rings (SSSR count). The molecule has 14 heavy (non-hydrogen) atoms. The number of hydrogen-bond acceptors (Lipinski definition) is 1. The molecule has 1 saturated heterocycles.